The minimum atomic E-state index is -0.721. The summed E-state index contributed by atoms with van der Waals surface area (Å²) in [7, 11) is 0. The molecule has 4 fully saturated rings. The van der Waals surface area contributed by atoms with E-state index in [-0.39, 0.29) is 40.9 Å². The lowest BCUT2D eigenvalue weighted by atomic mass is 9.53. The zero-order valence-corrected chi connectivity index (χ0v) is 18.9. The van der Waals surface area contributed by atoms with Crippen molar-refractivity contribution < 1.29 is 24.0 Å². The normalized spacial score (nSPS) is 27.0. The van der Waals surface area contributed by atoms with Gasteiger partial charge in [0.05, 0.1) is 11.3 Å². The van der Waals surface area contributed by atoms with Crippen molar-refractivity contribution in [2.45, 2.75) is 50.5 Å². The third-order valence-corrected chi connectivity index (χ3v) is 7.06. The summed E-state index contributed by atoms with van der Waals surface area (Å²) in [5, 5.41) is 19.4. The lowest BCUT2D eigenvalue weighted by Crippen LogP contribution is -2.61. The number of nitrogens with one attached hydrogen (secondary N) is 3. The molecule has 0 spiro atoms. The number of nitro groups is 1. The Morgan fingerprint density at radius 1 is 1.12 bits per heavy atom. The molecule has 4 saturated carbocycles. The number of ether oxygens (including phenoxy) is 1. The van der Waals surface area contributed by atoms with Gasteiger partial charge >= 0.3 is 12.0 Å². The summed E-state index contributed by atoms with van der Waals surface area (Å²) in [5.74, 6) is 0.762. The Bertz CT molecular complexity index is 933. The zero-order chi connectivity index (χ0) is 23.6. The maximum absolute atomic E-state index is 12.4. The highest BCUT2D eigenvalue weighted by molar-refractivity contribution is 6.31. The molecule has 4 aliphatic carbocycles. The summed E-state index contributed by atoms with van der Waals surface area (Å²) in [6, 6.07) is 3.53. The fourth-order valence-corrected chi connectivity index (χ4v) is 6.16. The predicted octanol–water partition coefficient (Wildman–Crippen LogP) is 3.39. The number of nitro benzene ring substituents is 1. The van der Waals surface area contributed by atoms with E-state index in [1.165, 1.54) is 31.4 Å². The Hall–Kier alpha value is -2.88. The Morgan fingerprint density at radius 3 is 2.36 bits per heavy atom. The molecular formula is C22H27ClN4O6. The minimum Gasteiger partial charge on any atom is -0.456 e. The maximum atomic E-state index is 12.4. The summed E-state index contributed by atoms with van der Waals surface area (Å²) in [5.41, 5.74) is -0.522. The number of urea groups is 1. The zero-order valence-electron chi connectivity index (χ0n) is 18.1. The Kier molecular flexibility index (Phi) is 6.73. The molecule has 3 N–H and O–H groups in total. The molecule has 33 heavy (non-hydrogen) atoms. The van der Waals surface area contributed by atoms with E-state index >= 15 is 0 Å². The fraction of sp³-hybridized carbons (Fsp3) is 0.591. The maximum Gasteiger partial charge on any atom is 0.315 e. The van der Waals surface area contributed by atoms with E-state index in [1.807, 2.05) is 0 Å². The average Bonchev–Trinajstić information content (AvgIpc) is 2.72. The van der Waals surface area contributed by atoms with Crippen LogP contribution >= 0.6 is 11.6 Å². The SMILES string of the molecule is O=C(COC(=O)CCNC(=O)NC12CC3CC(CC(C3)C1)C2)Nc1ccc(Cl)cc1[N+](=O)[O-]. The van der Waals surface area contributed by atoms with E-state index < -0.39 is 23.4 Å². The molecule has 0 atom stereocenters. The number of esters is 1. The highest BCUT2D eigenvalue weighted by Gasteiger charge is 2.51. The quantitative estimate of drug-likeness (QED) is 0.297. The number of benzene rings is 1. The largest absolute Gasteiger partial charge is 0.456 e. The summed E-state index contributed by atoms with van der Waals surface area (Å²) >= 11 is 5.74. The second-order valence-corrected chi connectivity index (χ2v) is 9.89. The first-order chi connectivity index (χ1) is 15.7. The topological polar surface area (TPSA) is 140 Å². The van der Waals surface area contributed by atoms with Crippen molar-refractivity contribution in [2.75, 3.05) is 18.5 Å². The molecule has 0 aromatic heterocycles. The van der Waals surface area contributed by atoms with Crippen molar-refractivity contribution in [2.24, 2.45) is 17.8 Å². The number of carbonyl (C=O) groups excluding carboxylic acids is 3. The molecule has 4 aliphatic rings. The van der Waals surface area contributed by atoms with Crippen molar-refractivity contribution in [1.82, 2.24) is 10.6 Å². The summed E-state index contributed by atoms with van der Waals surface area (Å²) in [6.07, 6.45) is 6.87. The van der Waals surface area contributed by atoms with Crippen LogP contribution in [-0.2, 0) is 14.3 Å². The van der Waals surface area contributed by atoms with Gasteiger partial charge in [0.15, 0.2) is 6.61 Å². The van der Waals surface area contributed by atoms with Gasteiger partial charge < -0.3 is 20.7 Å². The Morgan fingerprint density at radius 2 is 1.76 bits per heavy atom. The second kappa shape index (κ2) is 9.54. The van der Waals surface area contributed by atoms with Gasteiger partial charge in [-0.3, -0.25) is 19.7 Å². The third-order valence-electron chi connectivity index (χ3n) is 6.83. The van der Waals surface area contributed by atoms with E-state index in [0.29, 0.717) is 17.8 Å². The lowest BCUT2D eigenvalue weighted by Gasteiger charge is -2.56. The van der Waals surface area contributed by atoms with Crippen LogP contribution in [0, 0.1) is 27.9 Å². The van der Waals surface area contributed by atoms with Crippen molar-refractivity contribution in [1.29, 1.82) is 0 Å². The first kappa shape index (κ1) is 23.3. The van der Waals surface area contributed by atoms with Crippen molar-refractivity contribution in [3.8, 4) is 0 Å². The molecule has 0 saturated heterocycles. The molecule has 0 heterocycles. The van der Waals surface area contributed by atoms with E-state index in [2.05, 4.69) is 16.0 Å². The van der Waals surface area contributed by atoms with Crippen molar-refractivity contribution in [3.63, 3.8) is 0 Å². The third kappa shape index (κ3) is 5.73. The highest BCUT2D eigenvalue weighted by Crippen LogP contribution is 2.55. The van der Waals surface area contributed by atoms with Gasteiger partial charge in [0.2, 0.25) is 0 Å². The van der Waals surface area contributed by atoms with Crippen LogP contribution < -0.4 is 16.0 Å². The summed E-state index contributed by atoms with van der Waals surface area (Å²) in [6.45, 7) is -0.514. The van der Waals surface area contributed by atoms with Crippen LogP contribution in [0.15, 0.2) is 18.2 Å². The lowest BCUT2D eigenvalue weighted by molar-refractivity contribution is -0.383. The molecule has 0 radical (unpaired) electrons. The molecule has 1 aromatic rings. The van der Waals surface area contributed by atoms with Crippen molar-refractivity contribution >= 4 is 40.9 Å². The molecule has 11 heteroatoms. The van der Waals surface area contributed by atoms with E-state index in [9.17, 15) is 24.5 Å². The standard InChI is InChI=1S/C22H27ClN4O6/c23-16-1-2-17(18(8-16)27(31)32)25-19(28)12-33-20(29)3-4-24-21(30)26-22-9-13-5-14(10-22)7-15(6-13)11-22/h1-2,8,13-15H,3-7,9-12H2,(H,25,28)(H2,24,26,30). The number of hydrogen-bond acceptors (Lipinski definition) is 6. The van der Waals surface area contributed by atoms with Crippen LogP contribution in [0.3, 0.4) is 0 Å². The van der Waals surface area contributed by atoms with Gasteiger partial charge in [-0.15, -0.1) is 0 Å². The minimum absolute atomic E-state index is 0.0477. The summed E-state index contributed by atoms with van der Waals surface area (Å²) < 4.78 is 4.90. The van der Waals surface area contributed by atoms with Gasteiger partial charge in [-0.2, -0.15) is 0 Å². The van der Waals surface area contributed by atoms with Gasteiger partial charge in [-0.05, 0) is 68.4 Å². The van der Waals surface area contributed by atoms with Gasteiger partial charge in [0, 0.05) is 23.2 Å². The van der Waals surface area contributed by atoms with Crippen LogP contribution in [-0.4, -0.2) is 41.5 Å². The molecule has 178 valence electrons. The van der Waals surface area contributed by atoms with Gasteiger partial charge in [0.25, 0.3) is 11.6 Å². The molecule has 4 bridgehead atoms. The fourth-order valence-electron chi connectivity index (χ4n) is 5.99. The smallest absolute Gasteiger partial charge is 0.315 e. The monoisotopic (exact) mass is 478 g/mol. The number of nitrogens with zero attached hydrogens (tertiary/aromatic N) is 1. The first-order valence-electron chi connectivity index (χ1n) is 11.2. The van der Waals surface area contributed by atoms with Crippen molar-refractivity contribution in [3.05, 3.63) is 33.3 Å². The molecule has 0 aliphatic heterocycles. The van der Waals surface area contributed by atoms with E-state index in [0.717, 1.165) is 25.3 Å². The number of rotatable bonds is 8. The predicted molar refractivity (Wildman–Crippen MR) is 120 cm³/mol. The number of halogens is 1. The first-order valence-corrected chi connectivity index (χ1v) is 11.5. The van der Waals surface area contributed by atoms with Crippen LogP contribution in [0.5, 0.6) is 0 Å². The molecule has 10 nitrogen and oxygen atoms in total. The molecular weight excluding hydrogens is 452 g/mol. The highest BCUT2D eigenvalue weighted by atomic mass is 35.5. The molecule has 3 amide bonds. The van der Waals surface area contributed by atoms with Crippen LogP contribution in [0.25, 0.3) is 0 Å². The number of anilines is 1. The van der Waals surface area contributed by atoms with Crippen LogP contribution in [0.1, 0.15) is 44.9 Å². The van der Waals surface area contributed by atoms with E-state index in [1.54, 1.807) is 0 Å². The number of carbonyl (C=O) groups is 3. The summed E-state index contributed by atoms with van der Waals surface area (Å²) in [4.78, 5) is 46.7. The molecule has 5 rings (SSSR count). The van der Waals surface area contributed by atoms with Gasteiger partial charge in [-0.1, -0.05) is 11.6 Å². The average molecular weight is 479 g/mol. The Labute approximate surface area is 195 Å². The molecule has 0 unspecified atom stereocenters. The van der Waals surface area contributed by atoms with Gasteiger partial charge in [-0.25, -0.2) is 4.79 Å². The van der Waals surface area contributed by atoms with Crippen LogP contribution in [0.4, 0.5) is 16.2 Å². The Balaban J connectivity index is 1.16. The van der Waals surface area contributed by atoms with E-state index in [4.69, 9.17) is 16.3 Å². The van der Waals surface area contributed by atoms with Crippen LogP contribution in [0.2, 0.25) is 5.02 Å². The number of amides is 3. The molecule has 1 aromatic carbocycles. The second-order valence-electron chi connectivity index (χ2n) is 9.46. The number of hydrogen-bond donors (Lipinski definition) is 3. The van der Waals surface area contributed by atoms with Gasteiger partial charge in [0.1, 0.15) is 5.69 Å².